The highest BCUT2D eigenvalue weighted by atomic mass is 35.5. The highest BCUT2D eigenvalue weighted by Gasteiger charge is 2.41. The van der Waals surface area contributed by atoms with Crippen LogP contribution in [0.4, 0.5) is 16.2 Å². The minimum absolute atomic E-state index is 0.100. The zero-order chi connectivity index (χ0) is 24.6. The van der Waals surface area contributed by atoms with Crippen molar-refractivity contribution in [2.45, 2.75) is 70.3 Å². The third-order valence-corrected chi connectivity index (χ3v) is 8.45. The maximum absolute atomic E-state index is 13.3. The molecule has 1 N–H and O–H groups in total. The van der Waals surface area contributed by atoms with Gasteiger partial charge in [0, 0.05) is 56.6 Å². The number of carbonyl (C=O) groups excluding carboxylic acids is 1. The normalized spacial score (nSPS) is 20.9. The second-order valence-corrected chi connectivity index (χ2v) is 10.9. The average molecular weight is 501 g/mol. The number of likely N-dealkylation sites (tertiary alicyclic amines) is 1. The maximum Gasteiger partial charge on any atom is 0.321 e. The van der Waals surface area contributed by atoms with Crippen molar-refractivity contribution < 1.29 is 9.32 Å². The van der Waals surface area contributed by atoms with Crippen LogP contribution in [0.5, 0.6) is 0 Å². The first-order chi connectivity index (χ1) is 16.9. The first kappa shape index (κ1) is 24.4. The number of amides is 2. The van der Waals surface area contributed by atoms with Gasteiger partial charge in [0.15, 0.2) is 5.82 Å². The van der Waals surface area contributed by atoms with Crippen LogP contribution in [0, 0.1) is 0 Å². The summed E-state index contributed by atoms with van der Waals surface area (Å²) in [4.78, 5) is 24.7. The van der Waals surface area contributed by atoms with Crippen LogP contribution in [0.3, 0.4) is 0 Å². The number of nitrogens with zero attached hydrogens (tertiary/aromatic N) is 5. The van der Waals surface area contributed by atoms with E-state index in [9.17, 15) is 4.79 Å². The first-order valence-electron chi connectivity index (χ1n) is 13.1. The standard InChI is InChI=1S/C26H37ClN6O2/c1-4-26(24-29-23(35-30-24)19-8-9-19)10-12-33(13-11-26)25(34)28-22-20(27)6-5-7-21(22)32-16-14-31(15-17-32)18(2)3/h5-7,18-19H,4,8-17H2,1-3H3,(H,28,34). The summed E-state index contributed by atoms with van der Waals surface area (Å²) < 4.78 is 5.55. The summed E-state index contributed by atoms with van der Waals surface area (Å²) in [6.45, 7) is 11.8. The molecule has 0 atom stereocenters. The molecule has 1 aromatic heterocycles. The van der Waals surface area contributed by atoms with Gasteiger partial charge in [0.2, 0.25) is 5.89 Å². The zero-order valence-electron chi connectivity index (χ0n) is 21.1. The molecule has 3 aliphatic rings. The van der Waals surface area contributed by atoms with Gasteiger partial charge in [-0.25, -0.2) is 4.79 Å². The summed E-state index contributed by atoms with van der Waals surface area (Å²) in [5.41, 5.74) is 1.57. The van der Waals surface area contributed by atoms with Crippen LogP contribution in [-0.4, -0.2) is 71.3 Å². The third-order valence-electron chi connectivity index (χ3n) is 8.14. The van der Waals surface area contributed by atoms with Gasteiger partial charge < -0.3 is 19.6 Å². The van der Waals surface area contributed by atoms with Crippen molar-refractivity contribution in [1.82, 2.24) is 19.9 Å². The molecule has 1 aliphatic carbocycles. The van der Waals surface area contributed by atoms with Crippen LogP contribution in [0.2, 0.25) is 5.02 Å². The number of urea groups is 1. The molecule has 1 aromatic carbocycles. The van der Waals surface area contributed by atoms with Gasteiger partial charge >= 0.3 is 6.03 Å². The van der Waals surface area contributed by atoms with Crippen molar-refractivity contribution in [3.63, 3.8) is 0 Å². The van der Waals surface area contributed by atoms with Gasteiger partial charge in [0.1, 0.15) is 0 Å². The molecule has 0 bridgehead atoms. The number of aromatic nitrogens is 2. The Kier molecular flexibility index (Phi) is 6.95. The second-order valence-electron chi connectivity index (χ2n) is 10.5. The molecule has 2 aromatic rings. The molecule has 2 amide bonds. The average Bonchev–Trinajstić information content (AvgIpc) is 3.61. The van der Waals surface area contributed by atoms with Gasteiger partial charge in [-0.2, -0.15) is 4.98 Å². The Balaban J connectivity index is 1.24. The monoisotopic (exact) mass is 500 g/mol. The number of anilines is 2. The minimum atomic E-state index is -0.126. The van der Waals surface area contributed by atoms with Gasteiger partial charge in [0.05, 0.1) is 16.4 Å². The number of halogens is 1. The van der Waals surface area contributed by atoms with Crippen LogP contribution in [0.25, 0.3) is 0 Å². The molecule has 3 fully saturated rings. The molecular weight excluding hydrogens is 464 g/mol. The van der Waals surface area contributed by atoms with E-state index in [2.05, 4.69) is 47.1 Å². The SMILES string of the molecule is CCC1(c2noc(C3CC3)n2)CCN(C(=O)Nc2c(Cl)cccc2N2CCN(C(C)C)CC2)CC1. The van der Waals surface area contributed by atoms with E-state index in [1.807, 2.05) is 17.0 Å². The van der Waals surface area contributed by atoms with Crippen molar-refractivity contribution in [2.24, 2.45) is 0 Å². The lowest BCUT2D eigenvalue weighted by atomic mass is 9.75. The van der Waals surface area contributed by atoms with E-state index >= 15 is 0 Å². The summed E-state index contributed by atoms with van der Waals surface area (Å²) in [5.74, 6) is 2.05. The molecule has 2 aliphatic heterocycles. The summed E-state index contributed by atoms with van der Waals surface area (Å²) >= 11 is 6.59. The van der Waals surface area contributed by atoms with Crippen molar-refractivity contribution >= 4 is 29.0 Å². The van der Waals surface area contributed by atoms with Crippen molar-refractivity contribution in [3.8, 4) is 0 Å². The number of para-hydroxylation sites is 1. The van der Waals surface area contributed by atoms with E-state index in [0.717, 1.165) is 75.7 Å². The fraction of sp³-hybridized carbons (Fsp3) is 0.654. The molecule has 2 saturated heterocycles. The van der Waals surface area contributed by atoms with E-state index < -0.39 is 0 Å². The largest absolute Gasteiger partial charge is 0.367 e. The van der Waals surface area contributed by atoms with Crippen molar-refractivity contribution in [2.75, 3.05) is 49.5 Å². The summed E-state index contributed by atoms with van der Waals surface area (Å²) in [6, 6.07) is 6.30. The summed E-state index contributed by atoms with van der Waals surface area (Å²) in [7, 11) is 0. The Hall–Kier alpha value is -2.32. The van der Waals surface area contributed by atoms with E-state index in [0.29, 0.717) is 35.8 Å². The Morgan fingerprint density at radius 3 is 2.51 bits per heavy atom. The minimum Gasteiger partial charge on any atom is -0.367 e. The van der Waals surface area contributed by atoms with E-state index in [-0.39, 0.29) is 11.4 Å². The fourth-order valence-electron chi connectivity index (χ4n) is 5.39. The Labute approximate surface area is 213 Å². The topological polar surface area (TPSA) is 77.7 Å². The van der Waals surface area contributed by atoms with Crippen molar-refractivity contribution in [1.29, 1.82) is 0 Å². The number of piperidine rings is 1. The molecule has 0 unspecified atom stereocenters. The molecule has 1 saturated carbocycles. The predicted molar refractivity (Wildman–Crippen MR) is 138 cm³/mol. The van der Waals surface area contributed by atoms with E-state index in [1.165, 1.54) is 0 Å². The van der Waals surface area contributed by atoms with Gasteiger partial charge in [-0.1, -0.05) is 29.7 Å². The number of rotatable bonds is 6. The molecule has 35 heavy (non-hydrogen) atoms. The lowest BCUT2D eigenvalue weighted by molar-refractivity contribution is 0.159. The third kappa shape index (κ3) is 5.00. The second kappa shape index (κ2) is 9.97. The van der Waals surface area contributed by atoms with Crippen LogP contribution in [0.1, 0.15) is 70.5 Å². The Morgan fingerprint density at radius 2 is 1.89 bits per heavy atom. The number of piperazine rings is 1. The lowest BCUT2D eigenvalue weighted by Gasteiger charge is -2.40. The fourth-order valence-corrected chi connectivity index (χ4v) is 5.60. The van der Waals surface area contributed by atoms with Gasteiger partial charge in [-0.15, -0.1) is 0 Å². The summed E-state index contributed by atoms with van der Waals surface area (Å²) in [5, 5.41) is 8.05. The van der Waals surface area contributed by atoms with Crippen LogP contribution in [-0.2, 0) is 5.41 Å². The molecule has 0 spiro atoms. The first-order valence-corrected chi connectivity index (χ1v) is 13.5. The molecule has 5 rings (SSSR count). The van der Waals surface area contributed by atoms with Gasteiger partial charge in [-0.05, 0) is 58.1 Å². The Morgan fingerprint density at radius 1 is 1.17 bits per heavy atom. The molecule has 8 nitrogen and oxygen atoms in total. The number of nitrogens with one attached hydrogen (secondary N) is 1. The van der Waals surface area contributed by atoms with Gasteiger partial charge in [-0.3, -0.25) is 4.90 Å². The zero-order valence-corrected chi connectivity index (χ0v) is 21.9. The van der Waals surface area contributed by atoms with Crippen LogP contribution in [0.15, 0.2) is 22.7 Å². The number of carbonyl (C=O) groups is 1. The highest BCUT2D eigenvalue weighted by molar-refractivity contribution is 6.34. The van der Waals surface area contributed by atoms with E-state index in [4.69, 9.17) is 21.1 Å². The van der Waals surface area contributed by atoms with Crippen LogP contribution < -0.4 is 10.2 Å². The molecule has 3 heterocycles. The predicted octanol–water partition coefficient (Wildman–Crippen LogP) is 5.11. The lowest BCUT2D eigenvalue weighted by Crippen LogP contribution is -2.49. The molecule has 0 radical (unpaired) electrons. The van der Waals surface area contributed by atoms with Gasteiger partial charge in [0.25, 0.3) is 0 Å². The molecule has 9 heteroatoms. The molecular formula is C26H37ClN6O2. The highest BCUT2D eigenvalue weighted by Crippen LogP contribution is 2.42. The van der Waals surface area contributed by atoms with Crippen molar-refractivity contribution in [3.05, 3.63) is 34.9 Å². The molecule has 190 valence electrons. The smallest absolute Gasteiger partial charge is 0.321 e. The number of hydrogen-bond acceptors (Lipinski definition) is 6. The van der Waals surface area contributed by atoms with E-state index in [1.54, 1.807) is 0 Å². The summed E-state index contributed by atoms with van der Waals surface area (Å²) in [6.07, 6.45) is 4.88. The quantitative estimate of drug-likeness (QED) is 0.594. The number of hydrogen-bond donors (Lipinski definition) is 1. The Bertz CT molecular complexity index is 1040. The van der Waals surface area contributed by atoms with Crippen LogP contribution >= 0.6 is 11.6 Å². The maximum atomic E-state index is 13.3. The number of benzene rings is 1.